The van der Waals surface area contributed by atoms with E-state index in [-0.39, 0.29) is 16.6 Å². The smallest absolute Gasteiger partial charge is 0.338 e. The van der Waals surface area contributed by atoms with Gasteiger partial charge >= 0.3 is 5.97 Å². The van der Waals surface area contributed by atoms with Gasteiger partial charge in [-0.1, -0.05) is 0 Å². The summed E-state index contributed by atoms with van der Waals surface area (Å²) in [6.07, 6.45) is 3.51. The molecular formula is C22H26N3O4+. The predicted molar refractivity (Wildman–Crippen MR) is 114 cm³/mol. The van der Waals surface area contributed by atoms with Crippen LogP contribution in [0.25, 0.3) is 10.9 Å². The molecule has 3 aromatic rings. The molecule has 0 radical (unpaired) electrons. The van der Waals surface area contributed by atoms with Crippen molar-refractivity contribution < 1.29 is 14.5 Å². The maximum atomic E-state index is 12.2. The molecule has 152 valence electrons. The molecule has 0 fully saturated rings. The van der Waals surface area contributed by atoms with E-state index >= 15 is 0 Å². The Morgan fingerprint density at radius 1 is 1.07 bits per heavy atom. The number of unbranched alkanes of at least 4 members (excludes halogenated alkanes) is 1. The molecule has 0 spiro atoms. The number of benzene rings is 2. The number of esters is 1. The number of rotatable bonds is 8. The van der Waals surface area contributed by atoms with E-state index in [9.17, 15) is 14.9 Å². The van der Waals surface area contributed by atoms with Crippen LogP contribution in [0.4, 0.5) is 11.4 Å². The standard InChI is InChI=1S/C22H26N3O4/c1-25(2,3)20-9-6-17(7-10-20)22(26)29-15-5-4-13-23-14-12-18-16-19(24(27)28)8-11-21(18)23/h6-12,14,16H,4-5,13,15H2,1-3H3/q+1. The first-order valence-corrected chi connectivity index (χ1v) is 9.58. The molecule has 1 aromatic heterocycles. The molecule has 0 saturated carbocycles. The summed E-state index contributed by atoms with van der Waals surface area (Å²) < 4.78 is 8.13. The van der Waals surface area contributed by atoms with Gasteiger partial charge in [0.25, 0.3) is 5.69 Å². The molecule has 0 unspecified atom stereocenters. The van der Waals surface area contributed by atoms with Crippen LogP contribution in [-0.2, 0) is 11.3 Å². The Morgan fingerprint density at radius 3 is 2.45 bits per heavy atom. The number of non-ortho nitro benzene ring substituents is 1. The van der Waals surface area contributed by atoms with Gasteiger partial charge in [0.2, 0.25) is 0 Å². The summed E-state index contributed by atoms with van der Waals surface area (Å²) in [6.45, 7) is 1.12. The van der Waals surface area contributed by atoms with E-state index in [1.807, 2.05) is 24.4 Å². The summed E-state index contributed by atoms with van der Waals surface area (Å²) in [4.78, 5) is 22.7. The molecule has 7 nitrogen and oxygen atoms in total. The first kappa shape index (κ1) is 20.5. The van der Waals surface area contributed by atoms with E-state index in [2.05, 4.69) is 25.7 Å². The lowest BCUT2D eigenvalue weighted by atomic mass is 10.2. The van der Waals surface area contributed by atoms with Gasteiger partial charge in [-0.3, -0.25) is 14.6 Å². The number of nitro benzene ring substituents is 1. The highest BCUT2D eigenvalue weighted by molar-refractivity contribution is 5.89. The molecule has 0 atom stereocenters. The highest BCUT2D eigenvalue weighted by atomic mass is 16.6. The Morgan fingerprint density at radius 2 is 1.79 bits per heavy atom. The van der Waals surface area contributed by atoms with Crippen molar-refractivity contribution in [1.29, 1.82) is 0 Å². The molecule has 0 aliphatic carbocycles. The van der Waals surface area contributed by atoms with Gasteiger partial charge in [-0.05, 0) is 49.2 Å². The molecule has 2 aromatic carbocycles. The summed E-state index contributed by atoms with van der Waals surface area (Å²) in [5.74, 6) is -0.309. The van der Waals surface area contributed by atoms with Gasteiger partial charge in [-0.25, -0.2) is 4.79 Å². The number of fused-ring (bicyclic) bond motifs is 1. The Labute approximate surface area is 169 Å². The number of carbonyl (C=O) groups is 1. The maximum absolute atomic E-state index is 12.2. The minimum absolute atomic E-state index is 0.0941. The second-order valence-electron chi connectivity index (χ2n) is 7.91. The van der Waals surface area contributed by atoms with Crippen LogP contribution in [0.5, 0.6) is 0 Å². The van der Waals surface area contributed by atoms with Gasteiger partial charge in [0.1, 0.15) is 5.69 Å². The number of aromatic nitrogens is 1. The van der Waals surface area contributed by atoms with E-state index in [0.717, 1.165) is 36.0 Å². The highest BCUT2D eigenvalue weighted by Crippen LogP contribution is 2.22. The van der Waals surface area contributed by atoms with Crippen molar-refractivity contribution in [3.63, 3.8) is 0 Å². The molecule has 1 heterocycles. The van der Waals surface area contributed by atoms with Crippen LogP contribution in [0.3, 0.4) is 0 Å². The van der Waals surface area contributed by atoms with Crippen LogP contribution < -0.4 is 4.48 Å². The second kappa shape index (κ2) is 8.45. The lowest BCUT2D eigenvalue weighted by molar-refractivity contribution is -0.384. The first-order chi connectivity index (χ1) is 13.8. The van der Waals surface area contributed by atoms with Gasteiger partial charge < -0.3 is 9.30 Å². The number of ether oxygens (including phenoxy) is 1. The van der Waals surface area contributed by atoms with Gasteiger partial charge in [-0.2, -0.15) is 0 Å². The second-order valence-corrected chi connectivity index (χ2v) is 7.91. The van der Waals surface area contributed by atoms with Gasteiger partial charge in [-0.15, -0.1) is 0 Å². The molecule has 7 heteroatoms. The van der Waals surface area contributed by atoms with Crippen LogP contribution in [0.1, 0.15) is 23.2 Å². The molecule has 0 amide bonds. The number of nitro groups is 1. The van der Waals surface area contributed by atoms with Crippen molar-refractivity contribution in [3.05, 3.63) is 70.4 Å². The Hall–Kier alpha value is -3.19. The third-order valence-corrected chi connectivity index (χ3v) is 4.87. The van der Waals surface area contributed by atoms with E-state index in [1.54, 1.807) is 24.3 Å². The Balaban J connectivity index is 1.47. The third kappa shape index (κ3) is 5.00. The number of hydrogen-bond acceptors (Lipinski definition) is 4. The number of hydrogen-bond donors (Lipinski definition) is 0. The minimum Gasteiger partial charge on any atom is -0.462 e. The van der Waals surface area contributed by atoms with Crippen LogP contribution in [0.15, 0.2) is 54.7 Å². The van der Waals surface area contributed by atoms with Crippen molar-refractivity contribution >= 4 is 28.2 Å². The van der Waals surface area contributed by atoms with Crippen molar-refractivity contribution in [3.8, 4) is 0 Å². The summed E-state index contributed by atoms with van der Waals surface area (Å²) in [5.41, 5.74) is 2.73. The molecular weight excluding hydrogens is 370 g/mol. The van der Waals surface area contributed by atoms with E-state index in [1.165, 1.54) is 6.07 Å². The molecule has 3 rings (SSSR count). The molecule has 29 heavy (non-hydrogen) atoms. The number of carbonyl (C=O) groups excluding carboxylic acids is 1. The molecule has 0 bridgehead atoms. The van der Waals surface area contributed by atoms with Crippen LogP contribution >= 0.6 is 0 Å². The quantitative estimate of drug-likeness (QED) is 0.186. The number of nitrogens with zero attached hydrogens (tertiary/aromatic N) is 3. The fourth-order valence-corrected chi connectivity index (χ4v) is 3.17. The van der Waals surface area contributed by atoms with Crippen molar-refractivity contribution in [1.82, 2.24) is 9.05 Å². The summed E-state index contributed by atoms with van der Waals surface area (Å²) in [5, 5.41) is 11.7. The molecule has 0 N–H and O–H groups in total. The maximum Gasteiger partial charge on any atom is 0.338 e. The summed E-state index contributed by atoms with van der Waals surface area (Å²) in [7, 11) is 6.22. The minimum atomic E-state index is -0.388. The Bertz CT molecular complexity index is 1020. The van der Waals surface area contributed by atoms with Crippen LogP contribution in [0.2, 0.25) is 0 Å². The highest BCUT2D eigenvalue weighted by Gasteiger charge is 2.14. The zero-order valence-electron chi connectivity index (χ0n) is 17.0. The lowest BCUT2D eigenvalue weighted by Crippen LogP contribution is -2.34. The van der Waals surface area contributed by atoms with Crippen LogP contribution in [0, 0.1) is 10.1 Å². The predicted octanol–water partition coefficient (Wildman–Crippen LogP) is 4.38. The monoisotopic (exact) mass is 396 g/mol. The average Bonchev–Trinajstić information content (AvgIpc) is 3.09. The van der Waals surface area contributed by atoms with Gasteiger partial charge in [0, 0.05) is 35.8 Å². The van der Waals surface area contributed by atoms with E-state index in [0.29, 0.717) is 16.7 Å². The zero-order chi connectivity index (χ0) is 21.0. The number of quaternary nitrogens is 1. The summed E-state index contributed by atoms with van der Waals surface area (Å²) >= 11 is 0. The molecule has 0 saturated heterocycles. The fourth-order valence-electron chi connectivity index (χ4n) is 3.17. The third-order valence-electron chi connectivity index (χ3n) is 4.87. The normalized spacial score (nSPS) is 11.6. The van der Waals surface area contributed by atoms with E-state index < -0.39 is 0 Å². The largest absolute Gasteiger partial charge is 0.462 e. The molecule has 0 aliphatic heterocycles. The zero-order valence-corrected chi connectivity index (χ0v) is 17.0. The number of aryl methyl sites for hydroxylation is 1. The van der Waals surface area contributed by atoms with E-state index in [4.69, 9.17) is 4.74 Å². The van der Waals surface area contributed by atoms with Crippen LogP contribution in [-0.4, -0.2) is 43.2 Å². The average molecular weight is 396 g/mol. The topological polar surface area (TPSA) is 74.4 Å². The molecule has 0 aliphatic rings. The SMILES string of the molecule is C[N+](C)(C)c1ccc(C(=O)OCCCCn2ccc3cc([N+](=O)[O-])ccc32)cc1. The van der Waals surface area contributed by atoms with Gasteiger partial charge in [0.05, 0.1) is 38.2 Å². The van der Waals surface area contributed by atoms with Crippen molar-refractivity contribution in [2.45, 2.75) is 19.4 Å². The van der Waals surface area contributed by atoms with Crippen molar-refractivity contribution in [2.24, 2.45) is 0 Å². The summed E-state index contributed by atoms with van der Waals surface area (Å²) in [6, 6.07) is 14.2. The first-order valence-electron chi connectivity index (χ1n) is 9.58. The Kier molecular flexibility index (Phi) is 5.98. The van der Waals surface area contributed by atoms with Gasteiger partial charge in [0.15, 0.2) is 0 Å². The fraction of sp³-hybridized carbons (Fsp3) is 0.318. The van der Waals surface area contributed by atoms with Crippen molar-refractivity contribution in [2.75, 3.05) is 27.7 Å². The lowest BCUT2D eigenvalue weighted by Gasteiger charge is -2.23.